The van der Waals surface area contributed by atoms with Crippen molar-refractivity contribution >= 4 is 28.5 Å². The molecule has 1 aromatic rings. The summed E-state index contributed by atoms with van der Waals surface area (Å²) in [6, 6.07) is 5.99. The molecule has 5 heteroatoms. The molecule has 0 radical (unpaired) electrons. The summed E-state index contributed by atoms with van der Waals surface area (Å²) in [5.41, 5.74) is 3.36. The van der Waals surface area contributed by atoms with Crippen molar-refractivity contribution in [3.63, 3.8) is 0 Å². The summed E-state index contributed by atoms with van der Waals surface area (Å²) in [4.78, 5) is 15.5. The van der Waals surface area contributed by atoms with Crippen molar-refractivity contribution in [2.45, 2.75) is 19.3 Å². The molecule has 0 atom stereocenters. The number of fused-ring (bicyclic) bond motifs is 1. The van der Waals surface area contributed by atoms with E-state index >= 15 is 0 Å². The van der Waals surface area contributed by atoms with Crippen LogP contribution >= 0.6 is 11.8 Å². The second kappa shape index (κ2) is 4.74. The molecule has 0 spiro atoms. The number of rotatable bonds is 2. The van der Waals surface area contributed by atoms with Crippen LogP contribution in [0.3, 0.4) is 0 Å². The van der Waals surface area contributed by atoms with Gasteiger partial charge >= 0.3 is 5.97 Å². The first kappa shape index (κ1) is 12.3. The molecule has 4 nitrogen and oxygen atoms in total. The van der Waals surface area contributed by atoms with E-state index in [1.165, 1.54) is 29.3 Å². The van der Waals surface area contributed by atoms with Crippen LogP contribution < -0.4 is 0 Å². The normalized spacial score (nSPS) is 20.1. The third-order valence-corrected chi connectivity index (χ3v) is 4.36. The van der Waals surface area contributed by atoms with Crippen LogP contribution in [0.25, 0.3) is 0 Å². The number of aliphatic imine (C=N–C) groups is 1. The van der Waals surface area contributed by atoms with Crippen LogP contribution in [0.1, 0.15) is 17.5 Å². The fourth-order valence-corrected chi connectivity index (χ4v) is 3.39. The Morgan fingerprint density at radius 3 is 2.84 bits per heavy atom. The van der Waals surface area contributed by atoms with Gasteiger partial charge in [-0.15, -0.1) is 0 Å². The molecule has 0 bridgehead atoms. The van der Waals surface area contributed by atoms with E-state index in [0.717, 1.165) is 18.5 Å². The average molecular weight is 275 g/mol. The number of thioether (sulfide) groups is 1. The zero-order valence-corrected chi connectivity index (χ0v) is 11.0. The molecule has 1 aromatic carbocycles. The van der Waals surface area contributed by atoms with E-state index in [1.54, 1.807) is 0 Å². The summed E-state index contributed by atoms with van der Waals surface area (Å²) in [5.74, 6) is -0.939. The summed E-state index contributed by atoms with van der Waals surface area (Å²) in [6.07, 6.45) is 3.35. The molecule has 0 unspecified atom stereocenters. The Kier molecular flexibility index (Phi) is 3.06. The number of nitrogens with zero attached hydrogens (tertiary/aromatic N) is 1. The number of hydrogen-bond acceptors (Lipinski definition) is 4. The monoisotopic (exact) mass is 275 g/mol. The molecule has 98 valence electrons. The fourth-order valence-electron chi connectivity index (χ4n) is 2.45. The van der Waals surface area contributed by atoms with Gasteiger partial charge in [-0.05, 0) is 42.5 Å². The van der Waals surface area contributed by atoms with Gasteiger partial charge in [-0.3, -0.25) is 0 Å². The van der Waals surface area contributed by atoms with Crippen LogP contribution in [0, 0.1) is 0 Å². The van der Waals surface area contributed by atoms with Gasteiger partial charge in [-0.25, -0.2) is 9.79 Å². The molecule has 1 heterocycles. The maximum atomic E-state index is 11.1. The Bertz CT molecular complexity index is 619. The molecule has 2 aliphatic rings. The van der Waals surface area contributed by atoms with E-state index in [9.17, 15) is 9.90 Å². The van der Waals surface area contributed by atoms with E-state index in [4.69, 9.17) is 5.11 Å². The lowest BCUT2D eigenvalue weighted by Crippen LogP contribution is -2.07. The number of carbonyl (C=O) groups is 1. The predicted octanol–water partition coefficient (Wildman–Crippen LogP) is 2.85. The number of hydrogen-bond donors (Lipinski definition) is 2. The highest BCUT2D eigenvalue weighted by molar-refractivity contribution is 8.15. The zero-order chi connectivity index (χ0) is 13.4. The van der Waals surface area contributed by atoms with E-state index in [-0.39, 0.29) is 17.1 Å². The van der Waals surface area contributed by atoms with Crippen LogP contribution in [0.2, 0.25) is 0 Å². The van der Waals surface area contributed by atoms with E-state index < -0.39 is 5.97 Å². The summed E-state index contributed by atoms with van der Waals surface area (Å²) in [6.45, 7) is 0. The second-order valence-electron chi connectivity index (χ2n) is 4.64. The Morgan fingerprint density at radius 2 is 2.05 bits per heavy atom. The van der Waals surface area contributed by atoms with E-state index in [2.05, 4.69) is 11.1 Å². The first-order chi connectivity index (χ1) is 9.15. The van der Waals surface area contributed by atoms with Crippen LogP contribution in [0.5, 0.6) is 0 Å². The van der Waals surface area contributed by atoms with Crippen molar-refractivity contribution in [3.05, 3.63) is 40.7 Å². The van der Waals surface area contributed by atoms with Crippen molar-refractivity contribution in [2.24, 2.45) is 4.99 Å². The maximum Gasteiger partial charge on any atom is 0.341 e. The second-order valence-corrected chi connectivity index (χ2v) is 5.60. The van der Waals surface area contributed by atoms with Crippen LogP contribution in [0.15, 0.2) is 34.5 Å². The van der Waals surface area contributed by atoms with Gasteiger partial charge in [0.05, 0.1) is 11.4 Å². The van der Waals surface area contributed by atoms with Crippen molar-refractivity contribution in [3.8, 4) is 0 Å². The molecule has 3 rings (SSSR count). The lowest BCUT2D eigenvalue weighted by Gasteiger charge is -2.02. The Labute approximate surface area is 114 Å². The van der Waals surface area contributed by atoms with Crippen molar-refractivity contribution in [2.75, 3.05) is 5.75 Å². The minimum atomic E-state index is -1.12. The first-order valence-electron chi connectivity index (χ1n) is 6.14. The fraction of sp³-hybridized carbons (Fsp3) is 0.286. The van der Waals surface area contributed by atoms with Gasteiger partial charge < -0.3 is 10.2 Å². The molecule has 2 N–H and O–H groups in total. The van der Waals surface area contributed by atoms with Crippen LogP contribution in [0.4, 0.5) is 5.69 Å². The lowest BCUT2D eigenvalue weighted by atomic mass is 10.1. The quantitative estimate of drug-likeness (QED) is 0.870. The lowest BCUT2D eigenvalue weighted by molar-refractivity contribution is -0.132. The molecule has 0 fully saturated rings. The molecule has 0 amide bonds. The van der Waals surface area contributed by atoms with Gasteiger partial charge in [0.1, 0.15) is 16.4 Å². The molecule has 1 aliphatic carbocycles. The van der Waals surface area contributed by atoms with Crippen molar-refractivity contribution in [1.82, 2.24) is 0 Å². The molecule has 0 saturated carbocycles. The van der Waals surface area contributed by atoms with Gasteiger partial charge in [-0.1, -0.05) is 17.8 Å². The van der Waals surface area contributed by atoms with Gasteiger partial charge in [0.15, 0.2) is 0 Å². The van der Waals surface area contributed by atoms with Crippen LogP contribution in [-0.2, 0) is 17.6 Å². The van der Waals surface area contributed by atoms with E-state index in [0.29, 0.717) is 5.04 Å². The Hall–Kier alpha value is -1.75. The number of aliphatic hydroxyl groups excluding tert-OH is 1. The Balaban J connectivity index is 1.96. The van der Waals surface area contributed by atoms with Gasteiger partial charge in [0.2, 0.25) is 0 Å². The molecular formula is C14H13NO3S. The van der Waals surface area contributed by atoms with E-state index in [1.807, 2.05) is 12.1 Å². The molecule has 0 aromatic heterocycles. The Morgan fingerprint density at radius 1 is 1.26 bits per heavy atom. The maximum absolute atomic E-state index is 11.1. The predicted molar refractivity (Wildman–Crippen MR) is 75.3 cm³/mol. The number of benzene rings is 1. The van der Waals surface area contributed by atoms with Crippen LogP contribution in [-0.4, -0.2) is 27.0 Å². The average Bonchev–Trinajstić information content (AvgIpc) is 2.95. The SMILES string of the molecule is O=C(O)C1=C(O)CSC1=Nc1ccc2c(c1)CCC2. The molecule has 19 heavy (non-hydrogen) atoms. The molecule has 0 saturated heterocycles. The largest absolute Gasteiger partial charge is 0.510 e. The molecular weight excluding hydrogens is 262 g/mol. The summed E-state index contributed by atoms with van der Waals surface area (Å²) >= 11 is 1.26. The standard InChI is InChI=1S/C14H13NO3S/c16-11-7-19-13(12(11)14(17)18)15-10-5-4-8-2-1-3-9(8)6-10/h4-6,16H,1-3,7H2,(H,17,18). The zero-order valence-electron chi connectivity index (χ0n) is 10.2. The summed E-state index contributed by atoms with van der Waals surface area (Å²) in [7, 11) is 0. The van der Waals surface area contributed by atoms with Gasteiger partial charge in [-0.2, -0.15) is 0 Å². The number of aryl methyl sites for hydroxylation is 2. The number of carboxylic acid groups (broad SMARTS) is 1. The third kappa shape index (κ3) is 2.26. The molecule has 1 aliphatic heterocycles. The van der Waals surface area contributed by atoms with Crippen molar-refractivity contribution in [1.29, 1.82) is 0 Å². The third-order valence-electron chi connectivity index (χ3n) is 3.37. The number of carboxylic acids is 1. The highest BCUT2D eigenvalue weighted by atomic mass is 32.2. The van der Waals surface area contributed by atoms with Crippen molar-refractivity contribution < 1.29 is 15.0 Å². The minimum absolute atomic E-state index is 0.0644. The summed E-state index contributed by atoms with van der Waals surface area (Å²) < 4.78 is 0. The highest BCUT2D eigenvalue weighted by Crippen LogP contribution is 2.31. The summed E-state index contributed by atoms with van der Waals surface area (Å²) in [5, 5.41) is 19.0. The number of aliphatic carboxylic acids is 1. The minimum Gasteiger partial charge on any atom is -0.510 e. The topological polar surface area (TPSA) is 69.9 Å². The number of aliphatic hydroxyl groups is 1. The smallest absolute Gasteiger partial charge is 0.341 e. The first-order valence-corrected chi connectivity index (χ1v) is 7.13. The van der Waals surface area contributed by atoms with Gasteiger partial charge in [0.25, 0.3) is 0 Å². The highest BCUT2D eigenvalue weighted by Gasteiger charge is 2.27. The van der Waals surface area contributed by atoms with Gasteiger partial charge in [0, 0.05) is 0 Å².